The Kier molecular flexibility index (Phi) is 1.74. The summed E-state index contributed by atoms with van der Waals surface area (Å²) in [5.74, 6) is 0. The highest BCUT2D eigenvalue weighted by atomic mass is 32.2. The summed E-state index contributed by atoms with van der Waals surface area (Å²) in [7, 11) is -1.66. The number of hydrogen-bond donors (Lipinski definition) is 0. The highest BCUT2D eigenvalue weighted by molar-refractivity contribution is 7.87. The molecule has 1 aliphatic heterocycles. The third-order valence-electron chi connectivity index (χ3n) is 1.28. The van der Waals surface area contributed by atoms with E-state index in [2.05, 4.69) is 4.72 Å². The zero-order valence-electron chi connectivity index (χ0n) is 5.24. The van der Waals surface area contributed by atoms with Gasteiger partial charge in [0.05, 0.1) is 0 Å². The molecule has 0 bridgehead atoms. The van der Waals surface area contributed by atoms with E-state index in [1.807, 2.05) is 0 Å². The molecule has 1 radical (unpaired) electrons. The average Bonchev–Trinajstić information content (AvgIpc) is 1.77. The molecule has 4 nitrogen and oxygen atoms in total. The first-order valence-electron chi connectivity index (χ1n) is 2.78. The Labute approximate surface area is 55.0 Å². The molecule has 1 rings (SSSR count). The molecule has 1 heterocycles. The topological polar surface area (TPSA) is 51.5 Å². The second-order valence-corrected chi connectivity index (χ2v) is 3.78. The Morgan fingerprint density at radius 1 is 1.56 bits per heavy atom. The predicted molar refractivity (Wildman–Crippen MR) is 33.2 cm³/mol. The molecule has 0 spiro atoms. The lowest BCUT2D eigenvalue weighted by atomic mass is 10.4. The first-order valence-corrected chi connectivity index (χ1v) is 4.18. The van der Waals surface area contributed by atoms with Crippen LogP contribution in [0.1, 0.15) is 6.42 Å². The molecule has 0 saturated carbocycles. The largest absolute Gasteiger partial charge is 0.295 e. The summed E-state index contributed by atoms with van der Waals surface area (Å²) in [5, 5.41) is 0. The average molecular weight is 149 g/mol. The van der Waals surface area contributed by atoms with E-state index in [0.29, 0.717) is 13.1 Å². The van der Waals surface area contributed by atoms with E-state index in [0.717, 1.165) is 6.42 Å². The summed E-state index contributed by atoms with van der Waals surface area (Å²) in [6.07, 6.45) is 0.843. The Hall–Kier alpha value is -0.130. The van der Waals surface area contributed by atoms with Gasteiger partial charge in [-0.3, -0.25) is 0 Å². The molecule has 1 aliphatic rings. The quantitative estimate of drug-likeness (QED) is 0.451. The highest BCUT2D eigenvalue weighted by Crippen LogP contribution is 2.02. The highest BCUT2D eigenvalue weighted by Gasteiger charge is 2.21. The molecule has 53 valence electrons. The van der Waals surface area contributed by atoms with Gasteiger partial charge in [0, 0.05) is 20.1 Å². The van der Waals surface area contributed by atoms with Gasteiger partial charge in [-0.15, -0.1) is 4.72 Å². The van der Waals surface area contributed by atoms with Crippen LogP contribution >= 0.6 is 0 Å². The lowest BCUT2D eigenvalue weighted by molar-refractivity contribution is 0.421. The Balaban J connectivity index is 2.72. The summed E-state index contributed by atoms with van der Waals surface area (Å²) in [5.41, 5.74) is 0. The van der Waals surface area contributed by atoms with Crippen molar-refractivity contribution in [1.82, 2.24) is 9.03 Å². The Bertz CT molecular complexity index is 187. The molecule has 1 fully saturated rings. The van der Waals surface area contributed by atoms with Gasteiger partial charge in [-0.2, -0.15) is 12.7 Å². The Morgan fingerprint density at radius 3 is 2.56 bits per heavy atom. The van der Waals surface area contributed by atoms with Gasteiger partial charge in [-0.25, -0.2) is 0 Å². The van der Waals surface area contributed by atoms with Crippen molar-refractivity contribution >= 4 is 10.2 Å². The third-order valence-corrected chi connectivity index (χ3v) is 2.76. The fourth-order valence-electron chi connectivity index (χ4n) is 0.687. The third kappa shape index (κ3) is 1.41. The van der Waals surface area contributed by atoms with Gasteiger partial charge in [0.1, 0.15) is 0 Å². The normalized spacial score (nSPS) is 28.1. The molecule has 1 saturated heterocycles. The van der Waals surface area contributed by atoms with Crippen molar-refractivity contribution in [2.24, 2.45) is 0 Å². The van der Waals surface area contributed by atoms with E-state index in [1.54, 1.807) is 0 Å². The Morgan fingerprint density at radius 2 is 2.22 bits per heavy atom. The van der Waals surface area contributed by atoms with Gasteiger partial charge in [0.2, 0.25) is 0 Å². The fourth-order valence-corrected chi connectivity index (χ4v) is 1.60. The van der Waals surface area contributed by atoms with Crippen LogP contribution < -0.4 is 4.72 Å². The number of nitrogens with zero attached hydrogens (tertiary/aromatic N) is 2. The lowest BCUT2D eigenvalue weighted by Gasteiger charge is -2.20. The molecule has 5 heteroatoms. The zero-order valence-corrected chi connectivity index (χ0v) is 6.06. The van der Waals surface area contributed by atoms with Crippen LogP contribution in [0, 0.1) is 0 Å². The minimum Gasteiger partial charge on any atom is -0.193 e. The van der Waals surface area contributed by atoms with Crippen molar-refractivity contribution < 1.29 is 8.42 Å². The van der Waals surface area contributed by atoms with Crippen molar-refractivity contribution in [2.75, 3.05) is 20.1 Å². The molecule has 0 aliphatic carbocycles. The maximum absolute atomic E-state index is 10.7. The van der Waals surface area contributed by atoms with Crippen LogP contribution in [0.15, 0.2) is 0 Å². The van der Waals surface area contributed by atoms with Gasteiger partial charge in [-0.1, -0.05) is 0 Å². The molecule has 0 aromatic carbocycles. The van der Waals surface area contributed by atoms with Gasteiger partial charge >= 0.3 is 0 Å². The van der Waals surface area contributed by atoms with Crippen LogP contribution in [-0.4, -0.2) is 32.9 Å². The molecule has 0 unspecified atom stereocenters. The molecule has 9 heavy (non-hydrogen) atoms. The minimum atomic E-state index is -3.20. The van der Waals surface area contributed by atoms with Crippen molar-refractivity contribution in [3.63, 3.8) is 0 Å². The van der Waals surface area contributed by atoms with Gasteiger partial charge < -0.3 is 0 Å². The first-order chi connectivity index (χ1) is 4.13. The van der Waals surface area contributed by atoms with Crippen LogP contribution in [0.25, 0.3) is 0 Å². The molecular formula is C4H9N2O2S. The summed E-state index contributed by atoms with van der Waals surface area (Å²) in [6, 6.07) is 0. The predicted octanol–water partition coefficient (Wildman–Crippen LogP) is -0.829. The fraction of sp³-hybridized carbons (Fsp3) is 1.00. The number of rotatable bonds is 0. The lowest BCUT2D eigenvalue weighted by Crippen LogP contribution is -2.40. The minimum absolute atomic E-state index is 0.451. The molecule has 0 N–H and O–H groups in total. The second-order valence-electron chi connectivity index (χ2n) is 2.01. The SMILES string of the molecule is CN1CCC[N]S1(=O)=O. The van der Waals surface area contributed by atoms with Crippen LogP contribution in [0.5, 0.6) is 0 Å². The molecule has 0 aromatic heterocycles. The van der Waals surface area contributed by atoms with Gasteiger partial charge in [0.25, 0.3) is 10.2 Å². The molecular weight excluding hydrogens is 140 g/mol. The maximum atomic E-state index is 10.7. The standard InChI is InChI=1S/C4H9N2O2S/c1-6-4-2-3-5-9(6,7)8/h2-4H2,1H3. The zero-order chi connectivity index (χ0) is 6.91. The van der Waals surface area contributed by atoms with E-state index in [-0.39, 0.29) is 0 Å². The van der Waals surface area contributed by atoms with Crippen LogP contribution in [-0.2, 0) is 10.2 Å². The summed E-state index contributed by atoms with van der Waals surface area (Å²) in [6.45, 7) is 1.05. The summed E-state index contributed by atoms with van der Waals surface area (Å²) in [4.78, 5) is 0. The number of hydrogen-bond acceptors (Lipinski definition) is 2. The molecule has 0 aromatic rings. The molecule has 0 amide bonds. The summed E-state index contributed by atoms with van der Waals surface area (Å²) >= 11 is 0. The summed E-state index contributed by atoms with van der Waals surface area (Å²) < 4.78 is 26.2. The van der Waals surface area contributed by atoms with E-state index in [4.69, 9.17) is 0 Å². The van der Waals surface area contributed by atoms with Crippen LogP contribution in [0.2, 0.25) is 0 Å². The van der Waals surface area contributed by atoms with E-state index >= 15 is 0 Å². The second kappa shape index (κ2) is 2.24. The van der Waals surface area contributed by atoms with Gasteiger partial charge in [-0.05, 0) is 6.42 Å². The van der Waals surface area contributed by atoms with Gasteiger partial charge in [0.15, 0.2) is 0 Å². The van der Waals surface area contributed by atoms with Crippen molar-refractivity contribution in [3.05, 3.63) is 0 Å². The van der Waals surface area contributed by atoms with E-state index in [9.17, 15) is 8.42 Å². The van der Waals surface area contributed by atoms with Crippen LogP contribution in [0.4, 0.5) is 0 Å². The molecule has 0 atom stereocenters. The van der Waals surface area contributed by atoms with Crippen molar-refractivity contribution in [1.29, 1.82) is 0 Å². The van der Waals surface area contributed by atoms with E-state index < -0.39 is 10.2 Å². The smallest absolute Gasteiger partial charge is 0.193 e. The van der Waals surface area contributed by atoms with Crippen molar-refractivity contribution in [3.8, 4) is 0 Å². The van der Waals surface area contributed by atoms with E-state index in [1.165, 1.54) is 11.4 Å². The van der Waals surface area contributed by atoms with Crippen LogP contribution in [0.3, 0.4) is 0 Å². The first kappa shape index (κ1) is 6.98. The monoisotopic (exact) mass is 149 g/mol. The maximum Gasteiger partial charge on any atom is 0.295 e. The van der Waals surface area contributed by atoms with Crippen molar-refractivity contribution in [2.45, 2.75) is 6.42 Å².